The van der Waals surface area contributed by atoms with Crippen molar-refractivity contribution in [2.45, 2.75) is 42.8 Å². The molecule has 2 fully saturated rings. The molecular formula is C23H25NO2S. The van der Waals surface area contributed by atoms with Gasteiger partial charge in [-0.15, -0.1) is 11.8 Å². The van der Waals surface area contributed by atoms with E-state index < -0.39 is 0 Å². The number of Topliss-reactive ketones (excluding diaryl/α,β-unsaturated/α-hetero) is 1. The minimum absolute atomic E-state index is 0.0369. The first-order valence-corrected chi connectivity index (χ1v) is 10.8. The van der Waals surface area contributed by atoms with Gasteiger partial charge >= 0.3 is 0 Å². The fourth-order valence-corrected chi connectivity index (χ4v) is 5.32. The van der Waals surface area contributed by atoms with E-state index in [0.717, 1.165) is 48.4 Å². The van der Waals surface area contributed by atoms with Crippen molar-refractivity contribution in [3.05, 3.63) is 60.2 Å². The lowest BCUT2D eigenvalue weighted by atomic mass is 9.67. The number of thioether (sulfide) groups is 1. The number of para-hydroxylation sites is 1. The first-order valence-electron chi connectivity index (χ1n) is 9.81. The number of ketones is 1. The van der Waals surface area contributed by atoms with Gasteiger partial charge in [0.05, 0.1) is 5.69 Å². The summed E-state index contributed by atoms with van der Waals surface area (Å²) in [7, 11) is 0. The average Bonchev–Trinajstić information content (AvgIpc) is 2.68. The van der Waals surface area contributed by atoms with Crippen LogP contribution in [0.5, 0.6) is 0 Å². The van der Waals surface area contributed by atoms with E-state index in [2.05, 4.69) is 23.5 Å². The van der Waals surface area contributed by atoms with E-state index in [9.17, 15) is 9.59 Å². The molecular weight excluding hydrogens is 354 g/mol. The van der Waals surface area contributed by atoms with E-state index in [-0.39, 0.29) is 23.7 Å². The molecule has 1 amide bonds. The molecule has 3 nitrogen and oxygen atoms in total. The molecule has 2 bridgehead atoms. The summed E-state index contributed by atoms with van der Waals surface area (Å²) in [6.45, 7) is 0. The number of rotatable bonds is 5. The molecule has 2 saturated carbocycles. The van der Waals surface area contributed by atoms with Crippen LogP contribution in [0.15, 0.2) is 59.5 Å². The maximum Gasteiger partial charge on any atom is 0.227 e. The zero-order valence-corrected chi connectivity index (χ0v) is 16.2. The average molecular weight is 380 g/mol. The smallest absolute Gasteiger partial charge is 0.227 e. The minimum Gasteiger partial charge on any atom is -0.325 e. The van der Waals surface area contributed by atoms with Gasteiger partial charge in [-0.25, -0.2) is 0 Å². The normalized spacial score (nSPS) is 24.4. The summed E-state index contributed by atoms with van der Waals surface area (Å²) in [6, 6.07) is 18.3. The largest absolute Gasteiger partial charge is 0.325 e. The van der Waals surface area contributed by atoms with Crippen molar-refractivity contribution in [2.75, 3.05) is 5.32 Å². The van der Waals surface area contributed by atoms with Crippen LogP contribution < -0.4 is 5.32 Å². The van der Waals surface area contributed by atoms with Crippen LogP contribution in [0.25, 0.3) is 0 Å². The summed E-state index contributed by atoms with van der Waals surface area (Å²) < 4.78 is 0. The zero-order valence-electron chi connectivity index (χ0n) is 15.4. The van der Waals surface area contributed by atoms with Gasteiger partial charge in [0.25, 0.3) is 0 Å². The number of hydrogen-bond acceptors (Lipinski definition) is 3. The molecule has 2 aromatic rings. The minimum atomic E-state index is -0.0369. The van der Waals surface area contributed by atoms with Crippen LogP contribution in [0.1, 0.15) is 37.7 Å². The molecule has 1 N–H and O–H groups in total. The van der Waals surface area contributed by atoms with Crippen molar-refractivity contribution < 1.29 is 9.59 Å². The van der Waals surface area contributed by atoms with Gasteiger partial charge in [-0.3, -0.25) is 9.59 Å². The van der Waals surface area contributed by atoms with E-state index in [1.807, 2.05) is 36.4 Å². The van der Waals surface area contributed by atoms with Gasteiger partial charge in [0.15, 0.2) is 0 Å². The van der Waals surface area contributed by atoms with Gasteiger partial charge in [0.2, 0.25) is 5.91 Å². The number of benzene rings is 2. The lowest BCUT2D eigenvalue weighted by molar-refractivity contribution is -0.136. The number of carbonyl (C=O) groups is 2. The Hall–Kier alpha value is -2.07. The molecule has 0 aliphatic heterocycles. The second kappa shape index (κ2) is 8.30. The topological polar surface area (TPSA) is 46.2 Å². The Labute approximate surface area is 164 Å². The van der Waals surface area contributed by atoms with Gasteiger partial charge in [0, 0.05) is 28.4 Å². The molecule has 0 saturated heterocycles. The third kappa shape index (κ3) is 4.27. The van der Waals surface area contributed by atoms with Gasteiger partial charge in [-0.1, -0.05) is 48.9 Å². The molecule has 2 aliphatic carbocycles. The summed E-state index contributed by atoms with van der Waals surface area (Å²) in [5.74, 6) is 1.53. The van der Waals surface area contributed by atoms with Crippen LogP contribution in [-0.4, -0.2) is 11.7 Å². The molecule has 0 radical (unpaired) electrons. The molecule has 2 aliphatic rings. The van der Waals surface area contributed by atoms with E-state index in [1.54, 1.807) is 11.8 Å². The van der Waals surface area contributed by atoms with Crippen molar-refractivity contribution in [3.63, 3.8) is 0 Å². The number of fused-ring (bicyclic) bond motifs is 2. The van der Waals surface area contributed by atoms with Crippen LogP contribution >= 0.6 is 11.8 Å². The first-order chi connectivity index (χ1) is 13.2. The fourth-order valence-electron chi connectivity index (χ4n) is 4.36. The quantitative estimate of drug-likeness (QED) is 0.716. The Kier molecular flexibility index (Phi) is 5.63. The lowest BCUT2D eigenvalue weighted by Gasteiger charge is -2.37. The molecule has 2 atom stereocenters. The van der Waals surface area contributed by atoms with Crippen molar-refractivity contribution in [2.24, 2.45) is 17.8 Å². The number of nitrogens with one attached hydrogen (secondary N) is 1. The number of anilines is 1. The summed E-state index contributed by atoms with van der Waals surface area (Å²) in [6.07, 6.45) is 4.50. The van der Waals surface area contributed by atoms with E-state index in [1.165, 1.54) is 5.56 Å². The van der Waals surface area contributed by atoms with E-state index in [4.69, 9.17) is 0 Å². The maximum atomic E-state index is 12.9. The van der Waals surface area contributed by atoms with Crippen molar-refractivity contribution in [1.29, 1.82) is 0 Å². The Morgan fingerprint density at radius 2 is 1.63 bits per heavy atom. The van der Waals surface area contributed by atoms with Crippen molar-refractivity contribution >= 4 is 29.1 Å². The monoisotopic (exact) mass is 379 g/mol. The molecule has 0 heterocycles. The summed E-state index contributed by atoms with van der Waals surface area (Å²) in [5.41, 5.74) is 2.15. The first kappa shape index (κ1) is 18.3. The van der Waals surface area contributed by atoms with Gasteiger partial charge in [0.1, 0.15) is 5.78 Å². The van der Waals surface area contributed by atoms with Gasteiger partial charge in [-0.05, 0) is 43.4 Å². The number of hydrogen-bond donors (Lipinski definition) is 1. The molecule has 4 heteroatoms. The number of amides is 1. The van der Waals surface area contributed by atoms with E-state index >= 15 is 0 Å². The SMILES string of the molecule is O=C(Nc1ccccc1SCc1ccccc1)C1CC2CCCC(C1)C2=O. The van der Waals surface area contributed by atoms with Crippen molar-refractivity contribution in [1.82, 2.24) is 0 Å². The van der Waals surface area contributed by atoms with Crippen molar-refractivity contribution in [3.8, 4) is 0 Å². The highest BCUT2D eigenvalue weighted by atomic mass is 32.2. The Balaban J connectivity index is 1.42. The fraction of sp³-hybridized carbons (Fsp3) is 0.391. The lowest BCUT2D eigenvalue weighted by Crippen LogP contribution is -2.40. The molecule has 140 valence electrons. The van der Waals surface area contributed by atoms with Crippen LogP contribution in [0.4, 0.5) is 5.69 Å². The van der Waals surface area contributed by atoms with Crippen LogP contribution in [0, 0.1) is 17.8 Å². The second-order valence-electron chi connectivity index (χ2n) is 7.66. The Bertz CT molecular complexity index is 804. The molecule has 4 rings (SSSR count). The molecule has 0 spiro atoms. The summed E-state index contributed by atoms with van der Waals surface area (Å²) >= 11 is 1.74. The highest BCUT2D eigenvalue weighted by Crippen LogP contribution is 2.40. The van der Waals surface area contributed by atoms with Crippen LogP contribution in [0.2, 0.25) is 0 Å². The highest BCUT2D eigenvalue weighted by molar-refractivity contribution is 7.98. The molecule has 27 heavy (non-hydrogen) atoms. The van der Waals surface area contributed by atoms with Crippen LogP contribution in [-0.2, 0) is 15.3 Å². The standard InChI is InChI=1S/C23H25NO2S/c25-22-17-9-6-10-18(22)14-19(13-17)23(26)24-20-11-4-5-12-21(20)27-15-16-7-2-1-3-8-16/h1-5,7-8,11-12,17-19H,6,9-10,13-15H2,(H,24,26). The second-order valence-corrected chi connectivity index (χ2v) is 8.67. The molecule has 2 unspecified atom stereocenters. The Morgan fingerprint density at radius 1 is 0.963 bits per heavy atom. The van der Waals surface area contributed by atoms with Gasteiger partial charge in [-0.2, -0.15) is 0 Å². The summed E-state index contributed by atoms with van der Waals surface area (Å²) in [4.78, 5) is 26.3. The van der Waals surface area contributed by atoms with Crippen LogP contribution in [0.3, 0.4) is 0 Å². The Morgan fingerprint density at radius 3 is 2.37 bits per heavy atom. The van der Waals surface area contributed by atoms with E-state index in [0.29, 0.717) is 5.78 Å². The number of carbonyl (C=O) groups excluding carboxylic acids is 2. The third-order valence-electron chi connectivity index (χ3n) is 5.80. The van der Waals surface area contributed by atoms with Gasteiger partial charge < -0.3 is 5.32 Å². The third-order valence-corrected chi connectivity index (χ3v) is 6.95. The zero-order chi connectivity index (χ0) is 18.6. The predicted molar refractivity (Wildman–Crippen MR) is 110 cm³/mol. The highest BCUT2D eigenvalue weighted by Gasteiger charge is 2.41. The maximum absolute atomic E-state index is 12.9. The predicted octanol–water partition coefficient (Wildman–Crippen LogP) is 5.31. The molecule has 2 aromatic carbocycles. The molecule has 0 aromatic heterocycles. The summed E-state index contributed by atoms with van der Waals surface area (Å²) in [5, 5.41) is 3.15.